The first-order valence-electron chi connectivity index (χ1n) is 6.44. The van der Waals surface area contributed by atoms with Gasteiger partial charge in [0.1, 0.15) is 5.82 Å². The van der Waals surface area contributed by atoms with Crippen LogP contribution in [0.2, 0.25) is 0 Å². The Bertz CT molecular complexity index is 497. The molecule has 0 fully saturated rings. The first-order chi connectivity index (χ1) is 9.19. The minimum atomic E-state index is 0.0595. The second-order valence-corrected chi connectivity index (χ2v) is 4.46. The molecule has 0 radical (unpaired) electrons. The van der Waals surface area contributed by atoms with Gasteiger partial charge in [-0.05, 0) is 20.3 Å². The van der Waals surface area contributed by atoms with Crippen molar-refractivity contribution in [1.82, 2.24) is 19.9 Å². The molecule has 0 saturated carbocycles. The Morgan fingerprint density at radius 1 is 1.32 bits per heavy atom. The van der Waals surface area contributed by atoms with Crippen molar-refractivity contribution < 1.29 is 4.74 Å². The van der Waals surface area contributed by atoms with Gasteiger partial charge in [0.25, 0.3) is 0 Å². The minimum Gasteiger partial charge on any atom is -0.475 e. The van der Waals surface area contributed by atoms with Crippen molar-refractivity contribution in [2.45, 2.75) is 39.3 Å². The van der Waals surface area contributed by atoms with Crippen LogP contribution in [-0.4, -0.2) is 26.0 Å². The summed E-state index contributed by atoms with van der Waals surface area (Å²) in [5.41, 5.74) is 0. The zero-order valence-electron chi connectivity index (χ0n) is 11.4. The van der Waals surface area contributed by atoms with Crippen LogP contribution in [0.3, 0.4) is 0 Å². The fourth-order valence-electron chi connectivity index (χ4n) is 1.71. The number of aromatic nitrogens is 4. The summed E-state index contributed by atoms with van der Waals surface area (Å²) in [6, 6.07) is 1.81. The topological polar surface area (TPSA) is 75.7 Å². The van der Waals surface area contributed by atoms with Crippen molar-refractivity contribution in [3.63, 3.8) is 0 Å². The molecule has 2 aromatic heterocycles. The van der Waals surface area contributed by atoms with Crippen molar-refractivity contribution in [3.8, 4) is 5.88 Å². The lowest BCUT2D eigenvalue weighted by molar-refractivity contribution is 0.232. The highest BCUT2D eigenvalue weighted by molar-refractivity contribution is 5.30. The molecule has 1 atom stereocenters. The van der Waals surface area contributed by atoms with Gasteiger partial charge >= 0.3 is 0 Å². The number of rotatable bonds is 6. The van der Waals surface area contributed by atoms with Gasteiger partial charge in [-0.2, -0.15) is 4.98 Å². The largest absolute Gasteiger partial charge is 0.475 e. The summed E-state index contributed by atoms with van der Waals surface area (Å²) < 4.78 is 5.55. The molecular weight excluding hydrogens is 242 g/mol. The average molecular weight is 261 g/mol. The maximum Gasteiger partial charge on any atom is 0.226 e. The Hall–Kier alpha value is -2.11. The average Bonchev–Trinajstić information content (AvgIpc) is 2.89. The summed E-state index contributed by atoms with van der Waals surface area (Å²) in [6.45, 7) is 6.01. The predicted molar refractivity (Wildman–Crippen MR) is 73.0 cm³/mol. The summed E-state index contributed by atoms with van der Waals surface area (Å²) >= 11 is 0. The van der Waals surface area contributed by atoms with Crippen LogP contribution in [0.4, 0.5) is 5.95 Å². The number of hydrogen-bond donors (Lipinski definition) is 2. The number of nitrogens with zero attached hydrogens (tertiary/aromatic N) is 3. The summed E-state index contributed by atoms with van der Waals surface area (Å²) in [5.74, 6) is 1.99. The van der Waals surface area contributed by atoms with Crippen LogP contribution in [0.1, 0.15) is 39.1 Å². The highest BCUT2D eigenvalue weighted by Gasteiger charge is 2.13. The molecule has 0 aromatic carbocycles. The third kappa shape index (κ3) is 3.67. The molecule has 0 spiro atoms. The molecule has 2 aromatic rings. The fourth-order valence-corrected chi connectivity index (χ4v) is 1.71. The summed E-state index contributed by atoms with van der Waals surface area (Å²) in [6.07, 6.45) is 6.20. The Labute approximate surface area is 112 Å². The fraction of sp³-hybridized carbons (Fsp3) is 0.462. The van der Waals surface area contributed by atoms with Crippen molar-refractivity contribution >= 4 is 5.95 Å². The van der Waals surface area contributed by atoms with E-state index in [2.05, 4.69) is 32.2 Å². The van der Waals surface area contributed by atoms with Gasteiger partial charge in [0.05, 0.1) is 12.1 Å². The van der Waals surface area contributed by atoms with E-state index in [0.29, 0.717) is 11.8 Å². The Morgan fingerprint density at radius 2 is 2.16 bits per heavy atom. The molecule has 6 nitrogen and oxygen atoms in total. The molecule has 2 rings (SSSR count). The molecule has 2 heterocycles. The molecule has 2 N–H and O–H groups in total. The van der Waals surface area contributed by atoms with Gasteiger partial charge in [0.15, 0.2) is 0 Å². The minimum absolute atomic E-state index is 0.0595. The molecule has 0 amide bonds. The van der Waals surface area contributed by atoms with Crippen LogP contribution >= 0.6 is 0 Å². The Balaban J connectivity index is 2.09. The monoisotopic (exact) mass is 261 g/mol. The zero-order valence-corrected chi connectivity index (χ0v) is 11.4. The van der Waals surface area contributed by atoms with E-state index in [4.69, 9.17) is 4.74 Å². The first kappa shape index (κ1) is 13.3. The van der Waals surface area contributed by atoms with E-state index >= 15 is 0 Å². The third-order valence-corrected chi connectivity index (χ3v) is 2.55. The van der Waals surface area contributed by atoms with Crippen LogP contribution < -0.4 is 10.1 Å². The number of hydrogen-bond acceptors (Lipinski definition) is 5. The molecule has 0 bridgehead atoms. The maximum atomic E-state index is 5.55. The van der Waals surface area contributed by atoms with E-state index in [0.717, 1.165) is 12.2 Å². The van der Waals surface area contributed by atoms with Crippen molar-refractivity contribution in [3.05, 3.63) is 30.5 Å². The number of nitrogens with one attached hydrogen (secondary N) is 2. The lowest BCUT2D eigenvalue weighted by Gasteiger charge is -2.15. The van der Waals surface area contributed by atoms with Gasteiger partial charge in [0, 0.05) is 24.7 Å². The van der Waals surface area contributed by atoms with E-state index in [9.17, 15) is 0 Å². The van der Waals surface area contributed by atoms with Gasteiger partial charge in [0.2, 0.25) is 11.8 Å². The normalized spacial score (nSPS) is 12.4. The molecule has 19 heavy (non-hydrogen) atoms. The molecular formula is C13H19N5O. The van der Waals surface area contributed by atoms with E-state index in [1.165, 1.54) is 0 Å². The highest BCUT2D eigenvalue weighted by Crippen LogP contribution is 2.18. The SMILES string of the molecule is CCC(Nc1nccc(OC(C)C)n1)c1ncc[nH]1. The van der Waals surface area contributed by atoms with E-state index in [1.807, 2.05) is 13.8 Å². The van der Waals surface area contributed by atoms with Crippen LogP contribution in [0, 0.1) is 0 Å². The van der Waals surface area contributed by atoms with Crippen molar-refractivity contribution in [2.24, 2.45) is 0 Å². The standard InChI is InChI=1S/C13H19N5O/c1-4-10(12-14-7-8-15-12)17-13-16-6-5-11(18-13)19-9(2)3/h5-10H,4H2,1-3H3,(H,14,15)(H,16,17,18). The number of imidazole rings is 1. The number of anilines is 1. The smallest absolute Gasteiger partial charge is 0.226 e. The summed E-state index contributed by atoms with van der Waals surface area (Å²) in [4.78, 5) is 15.9. The van der Waals surface area contributed by atoms with E-state index < -0.39 is 0 Å². The van der Waals surface area contributed by atoms with Gasteiger partial charge in [-0.25, -0.2) is 9.97 Å². The molecule has 0 saturated heterocycles. The third-order valence-electron chi connectivity index (χ3n) is 2.55. The van der Waals surface area contributed by atoms with E-state index in [1.54, 1.807) is 24.7 Å². The number of H-pyrrole nitrogens is 1. The molecule has 0 aliphatic heterocycles. The quantitative estimate of drug-likeness (QED) is 0.835. The molecule has 6 heteroatoms. The maximum absolute atomic E-state index is 5.55. The van der Waals surface area contributed by atoms with Gasteiger partial charge in [-0.15, -0.1) is 0 Å². The molecule has 102 valence electrons. The first-order valence-corrected chi connectivity index (χ1v) is 6.44. The van der Waals surface area contributed by atoms with Crippen LogP contribution in [0.15, 0.2) is 24.7 Å². The second kappa shape index (κ2) is 6.17. The zero-order chi connectivity index (χ0) is 13.7. The summed E-state index contributed by atoms with van der Waals surface area (Å²) in [7, 11) is 0. The van der Waals surface area contributed by atoms with Gasteiger partial charge in [-0.1, -0.05) is 6.92 Å². The van der Waals surface area contributed by atoms with Gasteiger partial charge in [-0.3, -0.25) is 0 Å². The van der Waals surface area contributed by atoms with Crippen molar-refractivity contribution in [2.75, 3.05) is 5.32 Å². The predicted octanol–water partition coefficient (Wildman–Crippen LogP) is 2.55. The van der Waals surface area contributed by atoms with Crippen LogP contribution in [0.25, 0.3) is 0 Å². The van der Waals surface area contributed by atoms with Gasteiger partial charge < -0.3 is 15.0 Å². The number of aromatic amines is 1. The summed E-state index contributed by atoms with van der Waals surface area (Å²) in [5, 5.41) is 3.25. The second-order valence-electron chi connectivity index (χ2n) is 4.46. The van der Waals surface area contributed by atoms with Crippen LogP contribution in [0.5, 0.6) is 5.88 Å². The molecule has 0 aliphatic rings. The van der Waals surface area contributed by atoms with E-state index in [-0.39, 0.29) is 12.1 Å². The highest BCUT2D eigenvalue weighted by atomic mass is 16.5. The van der Waals surface area contributed by atoms with Crippen LogP contribution in [-0.2, 0) is 0 Å². The van der Waals surface area contributed by atoms with Crippen molar-refractivity contribution in [1.29, 1.82) is 0 Å². The number of ether oxygens (including phenoxy) is 1. The molecule has 1 unspecified atom stereocenters. The Kier molecular flexibility index (Phi) is 4.33. The lowest BCUT2D eigenvalue weighted by Crippen LogP contribution is -2.14. The lowest BCUT2D eigenvalue weighted by atomic mass is 10.2. The Morgan fingerprint density at radius 3 is 2.79 bits per heavy atom. The molecule has 0 aliphatic carbocycles.